The average Bonchev–Trinajstić information content (AvgIpc) is 2.30. The zero-order valence-corrected chi connectivity index (χ0v) is 10.7. The van der Waals surface area contributed by atoms with Gasteiger partial charge in [-0.25, -0.2) is 4.98 Å². The van der Waals surface area contributed by atoms with Crippen LogP contribution in [0, 0.1) is 0 Å². The first kappa shape index (κ1) is 12.7. The monoisotopic (exact) mass is 222 g/mol. The van der Waals surface area contributed by atoms with Gasteiger partial charge in [0.05, 0.1) is 0 Å². The summed E-state index contributed by atoms with van der Waals surface area (Å²) in [7, 11) is 0. The lowest BCUT2D eigenvalue weighted by Gasteiger charge is -2.28. The van der Waals surface area contributed by atoms with E-state index in [4.69, 9.17) is 0 Å². The van der Waals surface area contributed by atoms with Crippen LogP contribution < -0.4 is 10.6 Å². The second-order valence-corrected chi connectivity index (χ2v) is 4.19. The predicted molar refractivity (Wildman–Crippen MR) is 68.8 cm³/mol. The van der Waals surface area contributed by atoms with Crippen molar-refractivity contribution in [3.05, 3.63) is 12.3 Å². The van der Waals surface area contributed by atoms with Crippen LogP contribution >= 0.6 is 0 Å². The minimum atomic E-state index is 0.109. The van der Waals surface area contributed by atoms with Crippen LogP contribution in [0.3, 0.4) is 0 Å². The summed E-state index contributed by atoms with van der Waals surface area (Å²) in [4.78, 5) is 8.56. The Kier molecular flexibility index (Phi) is 4.52. The molecule has 0 fully saturated rings. The van der Waals surface area contributed by atoms with Gasteiger partial charge in [0.25, 0.3) is 0 Å². The fourth-order valence-electron chi connectivity index (χ4n) is 1.41. The molecule has 2 N–H and O–H groups in total. The number of nitrogens with one attached hydrogen (secondary N) is 2. The SMILES string of the molecule is CCNc1nccc(NC(C)(CC)CC)n1. The summed E-state index contributed by atoms with van der Waals surface area (Å²) in [6.45, 7) is 9.45. The van der Waals surface area contributed by atoms with Crippen molar-refractivity contribution in [2.24, 2.45) is 0 Å². The van der Waals surface area contributed by atoms with Gasteiger partial charge in [0, 0.05) is 18.3 Å². The van der Waals surface area contributed by atoms with Crippen molar-refractivity contribution >= 4 is 11.8 Å². The molecule has 1 heterocycles. The Labute approximate surface area is 97.9 Å². The molecule has 16 heavy (non-hydrogen) atoms. The molecule has 0 aliphatic heterocycles. The molecule has 0 saturated carbocycles. The van der Waals surface area contributed by atoms with E-state index in [-0.39, 0.29) is 5.54 Å². The van der Waals surface area contributed by atoms with Crippen LogP contribution in [0.4, 0.5) is 11.8 Å². The summed E-state index contributed by atoms with van der Waals surface area (Å²) in [5.74, 6) is 1.57. The van der Waals surface area contributed by atoms with Gasteiger partial charge >= 0.3 is 0 Å². The molecule has 0 atom stereocenters. The van der Waals surface area contributed by atoms with E-state index in [1.54, 1.807) is 6.20 Å². The predicted octanol–water partition coefficient (Wildman–Crippen LogP) is 2.90. The zero-order valence-electron chi connectivity index (χ0n) is 10.7. The fraction of sp³-hybridized carbons (Fsp3) is 0.667. The van der Waals surface area contributed by atoms with Crippen LogP contribution in [0.1, 0.15) is 40.5 Å². The molecule has 1 aromatic rings. The average molecular weight is 222 g/mol. The fourth-order valence-corrected chi connectivity index (χ4v) is 1.41. The third-order valence-corrected chi connectivity index (χ3v) is 2.98. The minimum absolute atomic E-state index is 0.109. The lowest BCUT2D eigenvalue weighted by molar-refractivity contribution is 0.476. The maximum absolute atomic E-state index is 4.41. The minimum Gasteiger partial charge on any atom is -0.365 e. The van der Waals surface area contributed by atoms with E-state index in [0.717, 1.165) is 25.2 Å². The summed E-state index contributed by atoms with van der Waals surface area (Å²) < 4.78 is 0. The summed E-state index contributed by atoms with van der Waals surface area (Å²) in [5.41, 5.74) is 0.109. The Balaban J connectivity index is 2.76. The molecule has 1 rings (SSSR count). The molecular weight excluding hydrogens is 200 g/mol. The van der Waals surface area contributed by atoms with E-state index in [1.807, 2.05) is 13.0 Å². The highest BCUT2D eigenvalue weighted by Gasteiger charge is 2.19. The van der Waals surface area contributed by atoms with Crippen LogP contribution in [0.5, 0.6) is 0 Å². The smallest absolute Gasteiger partial charge is 0.224 e. The van der Waals surface area contributed by atoms with Crippen LogP contribution in [0.2, 0.25) is 0 Å². The normalized spacial score (nSPS) is 11.2. The van der Waals surface area contributed by atoms with Crippen molar-refractivity contribution in [2.45, 2.75) is 46.1 Å². The van der Waals surface area contributed by atoms with Crippen LogP contribution in [-0.4, -0.2) is 22.1 Å². The third kappa shape index (κ3) is 3.36. The molecule has 0 aliphatic carbocycles. The molecule has 0 aliphatic rings. The molecule has 0 aromatic carbocycles. The molecule has 0 spiro atoms. The van der Waals surface area contributed by atoms with Crippen LogP contribution in [0.15, 0.2) is 12.3 Å². The Bertz CT molecular complexity index is 321. The third-order valence-electron chi connectivity index (χ3n) is 2.98. The Morgan fingerprint density at radius 2 is 1.94 bits per heavy atom. The second kappa shape index (κ2) is 5.68. The van der Waals surface area contributed by atoms with E-state index < -0.39 is 0 Å². The first-order valence-electron chi connectivity index (χ1n) is 5.98. The maximum atomic E-state index is 4.41. The van der Waals surface area contributed by atoms with E-state index in [2.05, 4.69) is 41.4 Å². The van der Waals surface area contributed by atoms with Crippen molar-refractivity contribution in [1.82, 2.24) is 9.97 Å². The van der Waals surface area contributed by atoms with Gasteiger partial charge in [-0.15, -0.1) is 0 Å². The van der Waals surface area contributed by atoms with Crippen LogP contribution in [-0.2, 0) is 0 Å². The van der Waals surface area contributed by atoms with Crippen molar-refractivity contribution in [2.75, 3.05) is 17.2 Å². The molecule has 4 nitrogen and oxygen atoms in total. The highest BCUT2D eigenvalue weighted by molar-refractivity contribution is 5.41. The van der Waals surface area contributed by atoms with E-state index in [1.165, 1.54) is 0 Å². The maximum Gasteiger partial charge on any atom is 0.224 e. The summed E-state index contributed by atoms with van der Waals surface area (Å²) >= 11 is 0. The quantitative estimate of drug-likeness (QED) is 0.777. The first-order chi connectivity index (χ1) is 7.63. The molecule has 0 radical (unpaired) electrons. The second-order valence-electron chi connectivity index (χ2n) is 4.19. The van der Waals surface area contributed by atoms with Gasteiger partial charge in [-0.1, -0.05) is 13.8 Å². The molecule has 4 heteroatoms. The van der Waals surface area contributed by atoms with Gasteiger partial charge in [0.15, 0.2) is 0 Å². The molecule has 90 valence electrons. The summed E-state index contributed by atoms with van der Waals surface area (Å²) in [6, 6.07) is 1.91. The van der Waals surface area contributed by atoms with Gasteiger partial charge in [-0.2, -0.15) is 4.98 Å². The molecule has 0 amide bonds. The van der Waals surface area contributed by atoms with Gasteiger partial charge in [-0.3, -0.25) is 0 Å². The first-order valence-corrected chi connectivity index (χ1v) is 5.98. The topological polar surface area (TPSA) is 49.8 Å². The van der Waals surface area contributed by atoms with Crippen molar-refractivity contribution in [3.63, 3.8) is 0 Å². The summed E-state index contributed by atoms with van der Waals surface area (Å²) in [5, 5.41) is 6.57. The number of aromatic nitrogens is 2. The van der Waals surface area contributed by atoms with E-state index in [0.29, 0.717) is 5.95 Å². The zero-order chi connectivity index (χ0) is 12.0. The number of hydrogen-bond acceptors (Lipinski definition) is 4. The van der Waals surface area contributed by atoms with E-state index in [9.17, 15) is 0 Å². The highest BCUT2D eigenvalue weighted by atomic mass is 15.1. The Morgan fingerprint density at radius 3 is 2.50 bits per heavy atom. The largest absolute Gasteiger partial charge is 0.365 e. The Morgan fingerprint density at radius 1 is 1.25 bits per heavy atom. The number of rotatable bonds is 6. The standard InChI is InChI=1S/C12H22N4/c1-5-12(4,6-2)16-10-8-9-14-11(15-10)13-7-3/h8-9H,5-7H2,1-4H3,(H2,13,14,15,16). The van der Waals surface area contributed by atoms with Crippen LogP contribution in [0.25, 0.3) is 0 Å². The van der Waals surface area contributed by atoms with Crippen molar-refractivity contribution < 1.29 is 0 Å². The van der Waals surface area contributed by atoms with Gasteiger partial charge in [0.1, 0.15) is 5.82 Å². The number of nitrogens with zero attached hydrogens (tertiary/aromatic N) is 2. The van der Waals surface area contributed by atoms with E-state index >= 15 is 0 Å². The molecule has 1 aromatic heterocycles. The number of hydrogen-bond donors (Lipinski definition) is 2. The number of anilines is 2. The lowest BCUT2D eigenvalue weighted by atomic mass is 9.96. The molecular formula is C12H22N4. The van der Waals surface area contributed by atoms with Gasteiger partial charge in [-0.05, 0) is 32.8 Å². The highest BCUT2D eigenvalue weighted by Crippen LogP contribution is 2.20. The van der Waals surface area contributed by atoms with Gasteiger partial charge < -0.3 is 10.6 Å². The van der Waals surface area contributed by atoms with Crippen molar-refractivity contribution in [1.29, 1.82) is 0 Å². The Hall–Kier alpha value is -1.32. The molecule has 0 unspecified atom stereocenters. The van der Waals surface area contributed by atoms with Gasteiger partial charge in [0.2, 0.25) is 5.95 Å². The lowest BCUT2D eigenvalue weighted by Crippen LogP contribution is -2.33. The molecule has 0 bridgehead atoms. The molecule has 0 saturated heterocycles. The van der Waals surface area contributed by atoms with Crippen molar-refractivity contribution in [3.8, 4) is 0 Å². The summed E-state index contributed by atoms with van der Waals surface area (Å²) in [6.07, 6.45) is 3.92.